The molecule has 0 bridgehead atoms. The molecule has 3 unspecified atom stereocenters. The van der Waals surface area contributed by atoms with E-state index >= 15 is 0 Å². The summed E-state index contributed by atoms with van der Waals surface area (Å²) in [6.07, 6.45) is 3.92. The molecule has 0 radical (unpaired) electrons. The van der Waals surface area contributed by atoms with E-state index in [1.165, 1.54) is 12.8 Å². The predicted molar refractivity (Wildman–Crippen MR) is 64.6 cm³/mol. The van der Waals surface area contributed by atoms with E-state index in [9.17, 15) is 4.79 Å². The highest BCUT2D eigenvalue weighted by molar-refractivity contribution is 5.74. The smallest absolute Gasteiger partial charge is 0.218 e. The highest BCUT2D eigenvalue weighted by Gasteiger charge is 2.14. The lowest BCUT2D eigenvalue weighted by atomic mass is 9.97. The van der Waals surface area contributed by atoms with E-state index in [0.29, 0.717) is 12.5 Å². The van der Waals surface area contributed by atoms with Crippen LogP contribution in [-0.2, 0) is 4.79 Å². The molecule has 3 atom stereocenters. The molecule has 3 heteroatoms. The van der Waals surface area contributed by atoms with Crippen LogP contribution in [0.4, 0.5) is 0 Å². The molecule has 0 aromatic heterocycles. The number of rotatable bonds is 8. The molecule has 90 valence electrons. The minimum atomic E-state index is -0.228. The summed E-state index contributed by atoms with van der Waals surface area (Å²) in [5.74, 6) is 0.511. The first-order valence-electron chi connectivity index (χ1n) is 6.03. The number of hydrogen-bond donors (Lipinski definition) is 2. The van der Waals surface area contributed by atoms with Crippen molar-refractivity contribution in [1.29, 1.82) is 0 Å². The third-order valence-corrected chi connectivity index (χ3v) is 2.90. The Hall–Kier alpha value is -0.570. The maximum Gasteiger partial charge on any atom is 0.218 e. The van der Waals surface area contributed by atoms with Crippen LogP contribution in [0, 0.1) is 5.92 Å². The maximum atomic E-state index is 10.7. The average molecular weight is 214 g/mol. The molecule has 0 aliphatic rings. The van der Waals surface area contributed by atoms with Crippen LogP contribution >= 0.6 is 0 Å². The molecular weight excluding hydrogens is 188 g/mol. The van der Waals surface area contributed by atoms with Gasteiger partial charge in [-0.05, 0) is 25.7 Å². The van der Waals surface area contributed by atoms with Gasteiger partial charge in [0, 0.05) is 18.5 Å². The van der Waals surface area contributed by atoms with Crippen molar-refractivity contribution in [2.45, 2.75) is 65.5 Å². The monoisotopic (exact) mass is 214 g/mol. The minimum absolute atomic E-state index is 0.191. The van der Waals surface area contributed by atoms with Crippen molar-refractivity contribution in [2.24, 2.45) is 11.7 Å². The zero-order valence-electron chi connectivity index (χ0n) is 10.5. The van der Waals surface area contributed by atoms with Crippen molar-refractivity contribution in [3.63, 3.8) is 0 Å². The van der Waals surface area contributed by atoms with Crippen molar-refractivity contribution < 1.29 is 4.79 Å². The fraction of sp³-hybridized carbons (Fsp3) is 0.917. The Morgan fingerprint density at radius 3 is 2.27 bits per heavy atom. The van der Waals surface area contributed by atoms with Gasteiger partial charge in [0.25, 0.3) is 0 Å². The summed E-state index contributed by atoms with van der Waals surface area (Å²) in [6.45, 7) is 8.67. The number of nitrogens with one attached hydrogen (secondary N) is 1. The van der Waals surface area contributed by atoms with Crippen LogP contribution in [0.3, 0.4) is 0 Å². The average Bonchev–Trinajstić information content (AvgIpc) is 2.15. The highest BCUT2D eigenvalue weighted by atomic mass is 16.1. The lowest BCUT2D eigenvalue weighted by Crippen LogP contribution is -2.39. The molecule has 0 aromatic carbocycles. The number of nitrogens with two attached hydrogens (primary N) is 1. The number of carbonyl (C=O) groups is 1. The third kappa shape index (κ3) is 7.37. The second-order valence-corrected chi connectivity index (χ2v) is 4.59. The standard InChI is InChI=1S/C12H26N2O/c1-5-9(3)7-11(6-2)14-10(4)8-12(13)15/h9-11,14H,5-8H2,1-4H3,(H2,13,15). The van der Waals surface area contributed by atoms with Crippen LogP contribution in [0.5, 0.6) is 0 Å². The maximum absolute atomic E-state index is 10.7. The van der Waals surface area contributed by atoms with Crippen LogP contribution in [0.2, 0.25) is 0 Å². The molecule has 0 aliphatic carbocycles. The molecule has 0 heterocycles. The first kappa shape index (κ1) is 14.4. The van der Waals surface area contributed by atoms with Gasteiger partial charge in [-0.15, -0.1) is 0 Å². The molecule has 3 nitrogen and oxygen atoms in total. The van der Waals surface area contributed by atoms with E-state index in [0.717, 1.165) is 12.3 Å². The number of primary amides is 1. The van der Waals surface area contributed by atoms with Gasteiger partial charge in [-0.2, -0.15) is 0 Å². The van der Waals surface area contributed by atoms with Gasteiger partial charge in [0.05, 0.1) is 0 Å². The molecule has 0 spiro atoms. The Labute approximate surface area is 93.8 Å². The zero-order chi connectivity index (χ0) is 11.8. The Kier molecular flexibility index (Phi) is 7.39. The molecule has 1 amide bonds. The topological polar surface area (TPSA) is 55.1 Å². The summed E-state index contributed by atoms with van der Waals surface area (Å²) < 4.78 is 0. The van der Waals surface area contributed by atoms with Gasteiger partial charge in [-0.3, -0.25) is 4.79 Å². The lowest BCUT2D eigenvalue weighted by Gasteiger charge is -2.24. The van der Waals surface area contributed by atoms with Gasteiger partial charge < -0.3 is 11.1 Å². The van der Waals surface area contributed by atoms with Crippen molar-refractivity contribution in [3.8, 4) is 0 Å². The summed E-state index contributed by atoms with van der Waals surface area (Å²) >= 11 is 0. The molecule has 0 fully saturated rings. The first-order valence-corrected chi connectivity index (χ1v) is 6.03. The Morgan fingerprint density at radius 1 is 1.27 bits per heavy atom. The zero-order valence-corrected chi connectivity index (χ0v) is 10.5. The number of amides is 1. The summed E-state index contributed by atoms with van der Waals surface area (Å²) in [7, 11) is 0. The quantitative estimate of drug-likeness (QED) is 0.650. The van der Waals surface area contributed by atoms with Gasteiger partial charge in [-0.25, -0.2) is 0 Å². The molecular formula is C12H26N2O. The van der Waals surface area contributed by atoms with Crippen molar-refractivity contribution >= 4 is 5.91 Å². The van der Waals surface area contributed by atoms with Crippen LogP contribution < -0.4 is 11.1 Å². The van der Waals surface area contributed by atoms with Gasteiger partial charge in [-0.1, -0.05) is 27.2 Å². The normalized spacial score (nSPS) is 17.1. The summed E-state index contributed by atoms with van der Waals surface area (Å²) in [5, 5.41) is 3.46. The van der Waals surface area contributed by atoms with E-state index in [1.807, 2.05) is 6.92 Å². The summed E-state index contributed by atoms with van der Waals surface area (Å²) in [5.41, 5.74) is 5.16. The number of hydrogen-bond acceptors (Lipinski definition) is 2. The highest BCUT2D eigenvalue weighted by Crippen LogP contribution is 2.12. The molecule has 15 heavy (non-hydrogen) atoms. The largest absolute Gasteiger partial charge is 0.370 e. The summed E-state index contributed by atoms with van der Waals surface area (Å²) in [6, 6.07) is 0.700. The van der Waals surface area contributed by atoms with E-state index in [-0.39, 0.29) is 11.9 Å². The fourth-order valence-electron chi connectivity index (χ4n) is 1.77. The molecule has 0 aromatic rings. The van der Waals surface area contributed by atoms with E-state index in [1.54, 1.807) is 0 Å². The first-order chi connectivity index (χ1) is 6.99. The van der Waals surface area contributed by atoms with Crippen LogP contribution in [0.25, 0.3) is 0 Å². The van der Waals surface area contributed by atoms with Crippen molar-refractivity contribution in [3.05, 3.63) is 0 Å². The van der Waals surface area contributed by atoms with Gasteiger partial charge in [0.1, 0.15) is 0 Å². The van der Waals surface area contributed by atoms with Crippen LogP contribution in [-0.4, -0.2) is 18.0 Å². The second-order valence-electron chi connectivity index (χ2n) is 4.59. The molecule has 0 rings (SSSR count). The molecule has 0 aliphatic heterocycles. The molecule has 3 N–H and O–H groups in total. The van der Waals surface area contributed by atoms with Gasteiger partial charge in [0.15, 0.2) is 0 Å². The Balaban J connectivity index is 3.92. The fourth-order valence-corrected chi connectivity index (χ4v) is 1.77. The molecule has 0 saturated heterocycles. The van der Waals surface area contributed by atoms with Crippen molar-refractivity contribution in [2.75, 3.05) is 0 Å². The van der Waals surface area contributed by atoms with Crippen LogP contribution in [0.1, 0.15) is 53.4 Å². The second kappa shape index (κ2) is 7.69. The molecule has 0 saturated carbocycles. The lowest BCUT2D eigenvalue weighted by molar-refractivity contribution is -0.118. The van der Waals surface area contributed by atoms with Gasteiger partial charge >= 0.3 is 0 Å². The predicted octanol–water partition coefficient (Wildman–Crippen LogP) is 2.05. The van der Waals surface area contributed by atoms with E-state index < -0.39 is 0 Å². The van der Waals surface area contributed by atoms with Gasteiger partial charge in [0.2, 0.25) is 5.91 Å². The SMILES string of the molecule is CCC(C)CC(CC)NC(C)CC(N)=O. The Morgan fingerprint density at radius 2 is 1.87 bits per heavy atom. The van der Waals surface area contributed by atoms with Crippen molar-refractivity contribution in [1.82, 2.24) is 5.32 Å². The summed E-state index contributed by atoms with van der Waals surface area (Å²) in [4.78, 5) is 10.7. The van der Waals surface area contributed by atoms with E-state index in [4.69, 9.17) is 5.73 Å². The van der Waals surface area contributed by atoms with Crippen LogP contribution in [0.15, 0.2) is 0 Å². The third-order valence-electron chi connectivity index (χ3n) is 2.90. The number of carbonyl (C=O) groups excluding carboxylic acids is 1. The van der Waals surface area contributed by atoms with E-state index in [2.05, 4.69) is 26.1 Å². The minimum Gasteiger partial charge on any atom is -0.370 e. The Bertz CT molecular complexity index is 182.